The van der Waals surface area contributed by atoms with Crippen LogP contribution in [0.4, 0.5) is 5.69 Å². The van der Waals surface area contributed by atoms with E-state index in [1.165, 1.54) is 11.3 Å². The second-order valence-corrected chi connectivity index (χ2v) is 9.88. The summed E-state index contributed by atoms with van der Waals surface area (Å²) in [5, 5.41) is 9.02. The molecule has 0 spiro atoms. The Labute approximate surface area is 231 Å². The molecule has 0 unspecified atom stereocenters. The first kappa shape index (κ1) is 24.8. The number of nitrogens with one attached hydrogen (secondary N) is 1. The SMILES string of the molecule is COc1cc(OCc2cccc(NC(=O)c3cccc(Cl)c3)c2)c2cc(-c3cn4nc(OC)sc4n3)oc2c1. The lowest BCUT2D eigenvalue weighted by atomic mass is 10.1. The number of nitrogens with zero attached hydrogens (tertiary/aromatic N) is 3. The van der Waals surface area contributed by atoms with Gasteiger partial charge in [0.1, 0.15) is 29.4 Å². The topological polar surface area (TPSA) is 100 Å². The molecule has 3 aromatic carbocycles. The Kier molecular flexibility index (Phi) is 6.55. The van der Waals surface area contributed by atoms with Crippen molar-refractivity contribution in [3.05, 3.63) is 89.1 Å². The molecule has 3 aromatic heterocycles. The third-order valence-corrected chi connectivity index (χ3v) is 7.05. The van der Waals surface area contributed by atoms with Crippen LogP contribution in [0, 0.1) is 0 Å². The van der Waals surface area contributed by atoms with Crippen LogP contribution in [-0.2, 0) is 6.61 Å². The number of halogens is 1. The quantitative estimate of drug-likeness (QED) is 0.221. The molecular formula is C28H21ClN4O5S. The summed E-state index contributed by atoms with van der Waals surface area (Å²) < 4.78 is 24.6. The molecule has 0 saturated carbocycles. The molecule has 6 rings (SSSR count). The number of carbonyl (C=O) groups excluding carboxylic acids is 1. The molecule has 39 heavy (non-hydrogen) atoms. The third kappa shape index (κ3) is 5.12. The van der Waals surface area contributed by atoms with Crippen molar-refractivity contribution in [3.8, 4) is 28.1 Å². The number of furan rings is 1. The van der Waals surface area contributed by atoms with Gasteiger partial charge in [-0.2, -0.15) is 0 Å². The minimum Gasteiger partial charge on any atom is -0.496 e. The van der Waals surface area contributed by atoms with Crippen LogP contribution in [0.2, 0.25) is 5.02 Å². The standard InChI is InChI=1S/C28H21ClN4O5S/c1-35-20-11-23(21-13-25(38-24(21)12-20)22-14-33-27(31-22)39-28(32-33)36-2)37-15-16-5-3-8-19(9-16)30-26(34)17-6-4-7-18(29)10-17/h3-14H,15H2,1-2H3,(H,30,34). The minimum atomic E-state index is -0.246. The van der Waals surface area contributed by atoms with E-state index in [4.69, 9.17) is 30.2 Å². The Morgan fingerprint density at radius 2 is 1.95 bits per heavy atom. The zero-order valence-corrected chi connectivity index (χ0v) is 22.4. The molecule has 196 valence electrons. The highest BCUT2D eigenvalue weighted by Gasteiger charge is 2.17. The Bertz CT molecular complexity index is 1790. The van der Waals surface area contributed by atoms with Gasteiger partial charge < -0.3 is 23.9 Å². The predicted octanol–water partition coefficient (Wildman–Crippen LogP) is 6.71. The molecule has 11 heteroatoms. The van der Waals surface area contributed by atoms with Gasteiger partial charge in [-0.15, -0.1) is 5.10 Å². The van der Waals surface area contributed by atoms with E-state index >= 15 is 0 Å². The van der Waals surface area contributed by atoms with Crippen LogP contribution in [0.25, 0.3) is 27.4 Å². The molecule has 3 heterocycles. The van der Waals surface area contributed by atoms with Gasteiger partial charge in [0.15, 0.2) is 5.76 Å². The van der Waals surface area contributed by atoms with E-state index in [1.807, 2.05) is 36.4 Å². The predicted molar refractivity (Wildman–Crippen MR) is 149 cm³/mol. The first-order chi connectivity index (χ1) is 19.0. The molecule has 6 aromatic rings. The van der Waals surface area contributed by atoms with Gasteiger partial charge in [-0.1, -0.05) is 29.8 Å². The highest BCUT2D eigenvalue weighted by molar-refractivity contribution is 7.18. The van der Waals surface area contributed by atoms with Crippen LogP contribution in [0.3, 0.4) is 0 Å². The van der Waals surface area contributed by atoms with E-state index in [1.54, 1.807) is 55.3 Å². The van der Waals surface area contributed by atoms with Crippen molar-refractivity contribution in [1.82, 2.24) is 14.6 Å². The second-order valence-electron chi connectivity index (χ2n) is 8.53. The first-order valence-electron chi connectivity index (χ1n) is 11.8. The van der Waals surface area contributed by atoms with Crippen molar-refractivity contribution >= 4 is 50.5 Å². The van der Waals surface area contributed by atoms with Crippen molar-refractivity contribution in [2.45, 2.75) is 6.61 Å². The number of ether oxygens (including phenoxy) is 3. The van der Waals surface area contributed by atoms with Crippen molar-refractivity contribution in [1.29, 1.82) is 0 Å². The number of aromatic nitrogens is 3. The number of rotatable bonds is 8. The lowest BCUT2D eigenvalue weighted by Crippen LogP contribution is -2.12. The highest BCUT2D eigenvalue weighted by Crippen LogP contribution is 2.37. The van der Waals surface area contributed by atoms with Crippen LogP contribution >= 0.6 is 22.9 Å². The number of benzene rings is 3. The Morgan fingerprint density at radius 1 is 1.08 bits per heavy atom. The monoisotopic (exact) mass is 560 g/mol. The minimum absolute atomic E-state index is 0.246. The van der Waals surface area contributed by atoms with E-state index in [0.29, 0.717) is 55.0 Å². The largest absolute Gasteiger partial charge is 0.496 e. The number of anilines is 1. The van der Waals surface area contributed by atoms with Crippen LogP contribution in [-0.4, -0.2) is 34.7 Å². The molecule has 1 N–H and O–H groups in total. The van der Waals surface area contributed by atoms with E-state index in [9.17, 15) is 4.79 Å². The van der Waals surface area contributed by atoms with E-state index in [-0.39, 0.29) is 12.5 Å². The van der Waals surface area contributed by atoms with E-state index in [2.05, 4.69) is 15.4 Å². The molecular weight excluding hydrogens is 540 g/mol. The van der Waals surface area contributed by atoms with Crippen LogP contribution in [0.15, 0.2) is 77.3 Å². The molecule has 9 nitrogen and oxygen atoms in total. The normalized spacial score (nSPS) is 11.2. The number of hydrogen-bond acceptors (Lipinski definition) is 8. The van der Waals surface area contributed by atoms with Crippen molar-refractivity contribution in [2.24, 2.45) is 0 Å². The van der Waals surface area contributed by atoms with E-state index in [0.717, 1.165) is 10.9 Å². The smallest absolute Gasteiger partial charge is 0.294 e. The number of methoxy groups -OCH3 is 2. The highest BCUT2D eigenvalue weighted by atomic mass is 35.5. The van der Waals surface area contributed by atoms with Gasteiger partial charge in [-0.25, -0.2) is 9.50 Å². The molecule has 1 amide bonds. The molecule has 0 atom stereocenters. The lowest BCUT2D eigenvalue weighted by Gasteiger charge is -2.11. The number of imidazole rings is 1. The molecule has 0 aliphatic rings. The Balaban J connectivity index is 1.23. The zero-order chi connectivity index (χ0) is 26.9. The van der Waals surface area contributed by atoms with Crippen molar-refractivity contribution < 1.29 is 23.4 Å². The Hall–Kier alpha value is -4.54. The average molecular weight is 561 g/mol. The molecule has 0 aliphatic carbocycles. The molecule has 0 aliphatic heterocycles. The second kappa shape index (κ2) is 10.3. The van der Waals surface area contributed by atoms with Gasteiger partial charge in [0.2, 0.25) is 4.96 Å². The number of carbonyl (C=O) groups is 1. The summed E-state index contributed by atoms with van der Waals surface area (Å²) >= 11 is 7.36. The molecule has 0 fully saturated rings. The zero-order valence-electron chi connectivity index (χ0n) is 20.8. The van der Waals surface area contributed by atoms with Gasteiger partial charge in [-0.05, 0) is 53.3 Å². The van der Waals surface area contributed by atoms with Crippen LogP contribution in [0.1, 0.15) is 15.9 Å². The Morgan fingerprint density at radius 3 is 2.74 bits per heavy atom. The molecule has 0 bridgehead atoms. The summed E-state index contributed by atoms with van der Waals surface area (Å²) in [4.78, 5) is 17.9. The maximum absolute atomic E-state index is 12.6. The lowest BCUT2D eigenvalue weighted by molar-refractivity contribution is 0.102. The number of hydrogen-bond donors (Lipinski definition) is 1. The summed E-state index contributed by atoms with van der Waals surface area (Å²) in [5.41, 5.74) is 3.23. The fourth-order valence-electron chi connectivity index (χ4n) is 4.06. The van der Waals surface area contributed by atoms with Crippen molar-refractivity contribution in [2.75, 3.05) is 19.5 Å². The summed E-state index contributed by atoms with van der Waals surface area (Å²) in [6.45, 7) is 0.258. The summed E-state index contributed by atoms with van der Waals surface area (Å²) in [5.74, 6) is 1.51. The van der Waals surface area contributed by atoms with Crippen LogP contribution in [0.5, 0.6) is 16.7 Å². The first-order valence-corrected chi connectivity index (χ1v) is 13.0. The fraction of sp³-hybridized carbons (Fsp3) is 0.107. The molecule has 0 radical (unpaired) electrons. The fourth-order valence-corrected chi connectivity index (χ4v) is 4.95. The van der Waals surface area contributed by atoms with Gasteiger partial charge in [0, 0.05) is 28.4 Å². The van der Waals surface area contributed by atoms with Gasteiger partial charge in [0.25, 0.3) is 11.1 Å². The van der Waals surface area contributed by atoms with Gasteiger partial charge >= 0.3 is 0 Å². The van der Waals surface area contributed by atoms with Gasteiger partial charge in [0.05, 0.1) is 25.8 Å². The number of amides is 1. The summed E-state index contributed by atoms with van der Waals surface area (Å²) in [6, 6.07) is 19.7. The molecule has 0 saturated heterocycles. The van der Waals surface area contributed by atoms with E-state index < -0.39 is 0 Å². The van der Waals surface area contributed by atoms with Crippen LogP contribution < -0.4 is 19.5 Å². The maximum Gasteiger partial charge on any atom is 0.294 e. The summed E-state index contributed by atoms with van der Waals surface area (Å²) in [6.07, 6.45) is 1.78. The average Bonchev–Trinajstić information content (AvgIpc) is 3.65. The van der Waals surface area contributed by atoms with Gasteiger partial charge in [-0.3, -0.25) is 4.79 Å². The summed E-state index contributed by atoms with van der Waals surface area (Å²) in [7, 11) is 3.16. The third-order valence-electron chi connectivity index (χ3n) is 5.93. The van der Waals surface area contributed by atoms with Crippen molar-refractivity contribution in [3.63, 3.8) is 0 Å². The number of fused-ring (bicyclic) bond motifs is 2. The maximum atomic E-state index is 12.6.